The highest BCUT2D eigenvalue weighted by Gasteiger charge is 2.23. The molecule has 0 fully saturated rings. The number of anilines is 1. The van der Waals surface area contributed by atoms with Gasteiger partial charge in [0.05, 0.1) is 45.5 Å². The number of methoxy groups -OCH3 is 4. The van der Waals surface area contributed by atoms with Crippen LogP contribution in [0.25, 0.3) is 0 Å². The first-order valence-corrected chi connectivity index (χ1v) is 6.43. The molecule has 0 radical (unpaired) electrons. The summed E-state index contributed by atoms with van der Waals surface area (Å²) in [5, 5.41) is 13.7. The fourth-order valence-electron chi connectivity index (χ4n) is 1.70. The fraction of sp³-hybridized carbons (Fsp3) is 0.286. The number of carbonyl (C=O) groups excluding carboxylic acids is 2. The highest BCUT2D eigenvalue weighted by atomic mass is 16.6. The van der Waals surface area contributed by atoms with Gasteiger partial charge >= 0.3 is 11.9 Å². The van der Waals surface area contributed by atoms with Gasteiger partial charge < -0.3 is 24.3 Å². The second kappa shape index (κ2) is 8.36. The zero-order valence-electron chi connectivity index (χ0n) is 13.4. The molecule has 0 aliphatic heterocycles. The Balaban J connectivity index is 3.41. The summed E-state index contributed by atoms with van der Waals surface area (Å²) in [6.07, 6.45) is 0.812. The van der Waals surface area contributed by atoms with Crippen LogP contribution in [0.3, 0.4) is 0 Å². The van der Waals surface area contributed by atoms with Crippen molar-refractivity contribution >= 4 is 23.3 Å². The third kappa shape index (κ3) is 4.35. The van der Waals surface area contributed by atoms with E-state index in [4.69, 9.17) is 9.47 Å². The number of ether oxygens (including phenoxy) is 4. The lowest BCUT2D eigenvalue weighted by Gasteiger charge is -2.13. The maximum absolute atomic E-state index is 11.7. The molecule has 1 N–H and O–H groups in total. The lowest BCUT2D eigenvalue weighted by Crippen LogP contribution is -2.16. The summed E-state index contributed by atoms with van der Waals surface area (Å²) in [6.45, 7) is 0. The summed E-state index contributed by atoms with van der Waals surface area (Å²) < 4.78 is 19.0. The van der Waals surface area contributed by atoms with Crippen LogP contribution in [0.15, 0.2) is 23.9 Å². The van der Waals surface area contributed by atoms with Gasteiger partial charge in [-0.05, 0) is 0 Å². The molecule has 0 saturated carbocycles. The van der Waals surface area contributed by atoms with Crippen molar-refractivity contribution in [3.63, 3.8) is 0 Å². The molecule has 130 valence electrons. The molecule has 0 saturated heterocycles. The van der Waals surface area contributed by atoms with Gasteiger partial charge in [0, 0.05) is 6.07 Å². The maximum Gasteiger partial charge on any atom is 0.354 e. The van der Waals surface area contributed by atoms with E-state index < -0.39 is 22.5 Å². The van der Waals surface area contributed by atoms with E-state index in [-0.39, 0.29) is 22.9 Å². The van der Waals surface area contributed by atoms with E-state index in [0.717, 1.165) is 26.4 Å². The van der Waals surface area contributed by atoms with Crippen LogP contribution >= 0.6 is 0 Å². The molecule has 1 aromatic rings. The molecule has 0 unspecified atom stereocenters. The summed E-state index contributed by atoms with van der Waals surface area (Å²) >= 11 is 0. The molecule has 0 heterocycles. The van der Waals surface area contributed by atoms with Crippen LogP contribution in [0.4, 0.5) is 11.4 Å². The molecule has 10 nitrogen and oxygen atoms in total. The molecule has 0 atom stereocenters. The Morgan fingerprint density at radius 2 is 1.67 bits per heavy atom. The summed E-state index contributed by atoms with van der Waals surface area (Å²) in [7, 11) is 4.88. The second-order valence-corrected chi connectivity index (χ2v) is 4.18. The number of nitrogens with one attached hydrogen (secondary N) is 1. The van der Waals surface area contributed by atoms with Crippen molar-refractivity contribution < 1.29 is 33.5 Å². The van der Waals surface area contributed by atoms with Gasteiger partial charge in [-0.15, -0.1) is 0 Å². The van der Waals surface area contributed by atoms with Gasteiger partial charge in [-0.2, -0.15) is 0 Å². The smallest absolute Gasteiger partial charge is 0.354 e. The lowest BCUT2D eigenvalue weighted by molar-refractivity contribution is -0.384. The maximum atomic E-state index is 11.7. The van der Waals surface area contributed by atoms with Gasteiger partial charge in [0.15, 0.2) is 11.5 Å². The summed E-state index contributed by atoms with van der Waals surface area (Å²) in [5.74, 6) is -1.44. The van der Waals surface area contributed by atoms with Crippen molar-refractivity contribution in [3.8, 4) is 11.5 Å². The van der Waals surface area contributed by atoms with Crippen molar-refractivity contribution in [2.24, 2.45) is 0 Å². The van der Waals surface area contributed by atoms with Crippen LogP contribution < -0.4 is 14.8 Å². The Kier molecular flexibility index (Phi) is 6.53. The van der Waals surface area contributed by atoms with E-state index in [9.17, 15) is 19.7 Å². The first kappa shape index (κ1) is 18.7. The molecule has 1 rings (SSSR count). The average molecular weight is 340 g/mol. The van der Waals surface area contributed by atoms with Crippen LogP contribution in [0, 0.1) is 10.1 Å². The highest BCUT2D eigenvalue weighted by molar-refractivity contribution is 5.99. The van der Waals surface area contributed by atoms with E-state index in [2.05, 4.69) is 14.8 Å². The minimum absolute atomic E-state index is 0.0989. The van der Waals surface area contributed by atoms with Crippen LogP contribution in [0.1, 0.15) is 0 Å². The second-order valence-electron chi connectivity index (χ2n) is 4.18. The number of benzene rings is 1. The minimum Gasteiger partial charge on any atom is -0.493 e. The van der Waals surface area contributed by atoms with E-state index in [1.54, 1.807) is 0 Å². The van der Waals surface area contributed by atoms with Gasteiger partial charge in [-0.3, -0.25) is 10.1 Å². The molecular formula is C14H16N2O8. The molecule has 0 aliphatic carbocycles. The summed E-state index contributed by atoms with van der Waals surface area (Å²) in [4.78, 5) is 33.6. The number of esters is 2. The van der Waals surface area contributed by atoms with E-state index in [0.29, 0.717) is 0 Å². The van der Waals surface area contributed by atoms with E-state index in [1.807, 2.05) is 0 Å². The van der Waals surface area contributed by atoms with Crippen molar-refractivity contribution in [3.05, 3.63) is 34.0 Å². The topological polar surface area (TPSA) is 126 Å². The summed E-state index contributed by atoms with van der Waals surface area (Å²) in [5.41, 5.74) is -0.842. The zero-order valence-corrected chi connectivity index (χ0v) is 13.4. The van der Waals surface area contributed by atoms with Gasteiger partial charge in [-0.1, -0.05) is 0 Å². The van der Waals surface area contributed by atoms with Crippen molar-refractivity contribution in [2.45, 2.75) is 0 Å². The molecule has 10 heteroatoms. The Morgan fingerprint density at radius 3 is 2.12 bits per heavy atom. The standard InChI is InChI=1S/C14H16N2O8/c1-21-11-5-8(10(16(19)20)7-12(11)22-2)15-9(14(18)24-4)6-13(17)23-3/h5-7,15H,1-4H3/b9-6+. The van der Waals surface area contributed by atoms with Crippen LogP contribution in [0.5, 0.6) is 11.5 Å². The van der Waals surface area contributed by atoms with Gasteiger partial charge in [0.25, 0.3) is 5.69 Å². The first-order valence-electron chi connectivity index (χ1n) is 6.43. The monoisotopic (exact) mass is 340 g/mol. The fourth-order valence-corrected chi connectivity index (χ4v) is 1.70. The Morgan fingerprint density at radius 1 is 1.08 bits per heavy atom. The van der Waals surface area contributed by atoms with E-state index >= 15 is 0 Å². The quantitative estimate of drug-likeness (QED) is 0.338. The normalized spacial score (nSPS) is 10.6. The van der Waals surface area contributed by atoms with Crippen LogP contribution in [-0.4, -0.2) is 45.3 Å². The SMILES string of the molecule is COC(=O)/C=C(/Nc1cc(OC)c(OC)cc1[N+](=O)[O-])C(=O)OC. The Labute approximate surface area is 137 Å². The molecule has 0 spiro atoms. The van der Waals surface area contributed by atoms with Crippen LogP contribution in [-0.2, 0) is 19.1 Å². The Hall–Kier alpha value is -3.30. The zero-order chi connectivity index (χ0) is 18.3. The van der Waals surface area contributed by atoms with Crippen LogP contribution in [0.2, 0.25) is 0 Å². The number of nitrogens with zero attached hydrogens (tertiary/aromatic N) is 1. The number of rotatable bonds is 7. The molecule has 0 aromatic heterocycles. The predicted octanol–water partition coefficient (Wildman–Crippen LogP) is 1.25. The van der Waals surface area contributed by atoms with Crippen molar-refractivity contribution in [2.75, 3.05) is 33.8 Å². The van der Waals surface area contributed by atoms with Crippen molar-refractivity contribution in [1.82, 2.24) is 0 Å². The van der Waals surface area contributed by atoms with E-state index in [1.165, 1.54) is 20.3 Å². The average Bonchev–Trinajstić information content (AvgIpc) is 2.59. The largest absolute Gasteiger partial charge is 0.493 e. The molecule has 0 bridgehead atoms. The molecule has 1 aromatic carbocycles. The molecular weight excluding hydrogens is 324 g/mol. The van der Waals surface area contributed by atoms with Gasteiger partial charge in [0.2, 0.25) is 0 Å². The molecule has 0 amide bonds. The van der Waals surface area contributed by atoms with Gasteiger partial charge in [-0.25, -0.2) is 9.59 Å². The summed E-state index contributed by atoms with van der Waals surface area (Å²) in [6, 6.07) is 2.37. The Bertz CT molecular complexity index is 684. The number of nitro groups is 1. The number of hydrogen-bond donors (Lipinski definition) is 1. The highest BCUT2D eigenvalue weighted by Crippen LogP contribution is 2.38. The molecule has 24 heavy (non-hydrogen) atoms. The number of hydrogen-bond acceptors (Lipinski definition) is 9. The van der Waals surface area contributed by atoms with Gasteiger partial charge in [0.1, 0.15) is 11.4 Å². The third-order valence-corrected chi connectivity index (χ3v) is 2.84. The predicted molar refractivity (Wildman–Crippen MR) is 81.9 cm³/mol. The first-order chi connectivity index (χ1) is 11.4. The third-order valence-electron chi connectivity index (χ3n) is 2.84. The minimum atomic E-state index is -0.913. The van der Waals surface area contributed by atoms with Crippen molar-refractivity contribution in [1.29, 1.82) is 0 Å². The molecule has 0 aliphatic rings. The number of carbonyl (C=O) groups is 2. The number of nitro benzene ring substituents is 1. The lowest BCUT2D eigenvalue weighted by atomic mass is 10.2.